The molecule has 1 saturated heterocycles. The second-order valence-electron chi connectivity index (χ2n) is 7.76. The first-order chi connectivity index (χ1) is 14.6. The monoisotopic (exact) mass is 437 g/mol. The molecule has 154 valence electrons. The van der Waals surface area contributed by atoms with Gasteiger partial charge in [0.2, 0.25) is 10.0 Å². The Hall–Kier alpha value is -2.48. The summed E-state index contributed by atoms with van der Waals surface area (Å²) in [5.74, 6) is 0.339. The van der Waals surface area contributed by atoms with E-state index in [1.165, 1.54) is 4.70 Å². The van der Waals surface area contributed by atoms with Crippen molar-refractivity contribution < 1.29 is 8.42 Å². The van der Waals surface area contributed by atoms with E-state index in [1.54, 1.807) is 23.5 Å². The topological polar surface area (TPSA) is 62.3 Å². The number of rotatable bonds is 5. The second kappa shape index (κ2) is 7.98. The highest BCUT2D eigenvalue weighted by Crippen LogP contribution is 2.31. The Balaban J connectivity index is 1.20. The zero-order chi connectivity index (χ0) is 20.6. The molecule has 0 atom stereocenters. The maximum atomic E-state index is 12.8. The molecule has 3 aromatic carbocycles. The van der Waals surface area contributed by atoms with Crippen LogP contribution in [0.25, 0.3) is 21.0 Å². The van der Waals surface area contributed by atoms with Gasteiger partial charge in [-0.1, -0.05) is 53.8 Å². The molecule has 0 unspecified atom stereocenters. The van der Waals surface area contributed by atoms with Crippen LogP contribution in [0.2, 0.25) is 0 Å². The van der Waals surface area contributed by atoms with Gasteiger partial charge in [0.1, 0.15) is 0 Å². The van der Waals surface area contributed by atoms with E-state index in [4.69, 9.17) is 4.98 Å². The highest BCUT2D eigenvalue weighted by molar-refractivity contribution is 7.89. The predicted molar refractivity (Wildman–Crippen MR) is 124 cm³/mol. The van der Waals surface area contributed by atoms with Gasteiger partial charge >= 0.3 is 0 Å². The van der Waals surface area contributed by atoms with Crippen molar-refractivity contribution >= 4 is 47.5 Å². The molecule has 1 N–H and O–H groups in total. The number of aromatic nitrogens is 1. The van der Waals surface area contributed by atoms with Crippen LogP contribution in [0.1, 0.15) is 12.8 Å². The summed E-state index contributed by atoms with van der Waals surface area (Å²) in [5.41, 5.74) is 1.04. The van der Waals surface area contributed by atoms with Crippen LogP contribution in [-0.2, 0) is 10.0 Å². The molecule has 0 saturated carbocycles. The molecule has 0 spiro atoms. The Kier molecular flexibility index (Phi) is 5.18. The lowest BCUT2D eigenvalue weighted by Gasteiger charge is -2.31. The highest BCUT2D eigenvalue weighted by Gasteiger charge is 2.23. The summed E-state index contributed by atoms with van der Waals surface area (Å²) in [4.78, 5) is 7.39. The molecule has 4 aromatic rings. The van der Waals surface area contributed by atoms with E-state index in [0.717, 1.165) is 47.4 Å². The minimum absolute atomic E-state index is 0.327. The van der Waals surface area contributed by atoms with Crippen LogP contribution in [0, 0.1) is 5.92 Å². The van der Waals surface area contributed by atoms with E-state index >= 15 is 0 Å². The SMILES string of the molecule is O=S(=O)(NCC1CCN(c2nc3ccccc3s2)CC1)c1ccc2ccccc2c1. The molecule has 5 nitrogen and oxygen atoms in total. The maximum Gasteiger partial charge on any atom is 0.240 e. The third-order valence-corrected chi connectivity index (χ3v) is 8.28. The summed E-state index contributed by atoms with van der Waals surface area (Å²) in [7, 11) is -3.51. The molecular formula is C23H23N3O2S2. The summed E-state index contributed by atoms with van der Waals surface area (Å²) in [6.07, 6.45) is 1.91. The molecule has 0 radical (unpaired) electrons. The summed E-state index contributed by atoms with van der Waals surface area (Å²) in [6, 6.07) is 21.3. The first-order valence-electron chi connectivity index (χ1n) is 10.2. The zero-order valence-corrected chi connectivity index (χ0v) is 18.1. The molecule has 1 aliphatic heterocycles. The van der Waals surface area contributed by atoms with Crippen LogP contribution in [0.5, 0.6) is 0 Å². The van der Waals surface area contributed by atoms with E-state index in [9.17, 15) is 8.42 Å². The van der Waals surface area contributed by atoms with Gasteiger partial charge in [0.15, 0.2) is 5.13 Å². The van der Waals surface area contributed by atoms with Gasteiger partial charge in [-0.25, -0.2) is 18.1 Å². The van der Waals surface area contributed by atoms with Gasteiger partial charge < -0.3 is 4.90 Å². The van der Waals surface area contributed by atoms with Crippen molar-refractivity contribution in [2.75, 3.05) is 24.5 Å². The fourth-order valence-corrected chi connectivity index (χ4v) is 6.14. The van der Waals surface area contributed by atoms with Gasteiger partial charge in [-0.3, -0.25) is 0 Å². The van der Waals surface area contributed by atoms with Crippen molar-refractivity contribution in [3.05, 3.63) is 66.7 Å². The van der Waals surface area contributed by atoms with Crippen molar-refractivity contribution in [2.24, 2.45) is 5.92 Å². The standard InChI is InChI=1S/C23H23N3O2S2/c27-30(28,20-10-9-18-5-1-2-6-19(18)15-20)24-16-17-11-13-26(14-12-17)23-25-21-7-3-4-8-22(21)29-23/h1-10,15,17,24H,11-14,16H2. The number of sulfonamides is 1. The fraction of sp³-hybridized carbons (Fsp3) is 0.261. The lowest BCUT2D eigenvalue weighted by atomic mass is 9.97. The number of anilines is 1. The van der Waals surface area contributed by atoms with Crippen LogP contribution in [-0.4, -0.2) is 33.0 Å². The number of nitrogens with one attached hydrogen (secondary N) is 1. The van der Waals surface area contributed by atoms with Crippen molar-refractivity contribution in [3.63, 3.8) is 0 Å². The number of hydrogen-bond donors (Lipinski definition) is 1. The molecule has 0 amide bonds. The fourth-order valence-electron chi connectivity index (χ4n) is 3.97. The largest absolute Gasteiger partial charge is 0.348 e. The van der Waals surface area contributed by atoms with Gasteiger partial charge in [-0.15, -0.1) is 0 Å². The average Bonchev–Trinajstić information content (AvgIpc) is 3.22. The summed E-state index contributed by atoms with van der Waals surface area (Å²) in [6.45, 7) is 2.28. The smallest absolute Gasteiger partial charge is 0.240 e. The van der Waals surface area contributed by atoms with Crippen LogP contribution < -0.4 is 9.62 Å². The van der Waals surface area contributed by atoms with Crippen molar-refractivity contribution in [2.45, 2.75) is 17.7 Å². The average molecular weight is 438 g/mol. The van der Waals surface area contributed by atoms with Crippen LogP contribution >= 0.6 is 11.3 Å². The van der Waals surface area contributed by atoms with E-state index in [-0.39, 0.29) is 0 Å². The normalized spacial score (nSPS) is 15.8. The van der Waals surface area contributed by atoms with Gasteiger partial charge in [0.05, 0.1) is 15.1 Å². The molecule has 5 rings (SSSR count). The first-order valence-corrected chi connectivity index (χ1v) is 12.5. The van der Waals surface area contributed by atoms with Crippen molar-refractivity contribution in [1.82, 2.24) is 9.71 Å². The van der Waals surface area contributed by atoms with E-state index in [0.29, 0.717) is 17.4 Å². The van der Waals surface area contributed by atoms with Gasteiger partial charge in [-0.2, -0.15) is 0 Å². The minimum Gasteiger partial charge on any atom is -0.348 e. The van der Waals surface area contributed by atoms with Crippen molar-refractivity contribution in [3.8, 4) is 0 Å². The van der Waals surface area contributed by atoms with Gasteiger partial charge in [0, 0.05) is 19.6 Å². The summed E-state index contributed by atoms with van der Waals surface area (Å²) < 4.78 is 29.6. The Labute approximate surface area is 180 Å². The van der Waals surface area contributed by atoms with E-state index in [2.05, 4.69) is 15.7 Å². The van der Waals surface area contributed by atoms with Gasteiger partial charge in [-0.05, 0) is 53.8 Å². The zero-order valence-electron chi connectivity index (χ0n) is 16.5. The molecule has 0 aliphatic carbocycles. The molecule has 0 bridgehead atoms. The molecular weight excluding hydrogens is 414 g/mol. The third kappa shape index (κ3) is 3.93. The molecule has 1 aliphatic rings. The Morgan fingerprint density at radius 2 is 1.70 bits per heavy atom. The Morgan fingerprint density at radius 3 is 2.50 bits per heavy atom. The first kappa shape index (κ1) is 19.5. The second-order valence-corrected chi connectivity index (χ2v) is 10.5. The van der Waals surface area contributed by atoms with Crippen LogP contribution in [0.4, 0.5) is 5.13 Å². The highest BCUT2D eigenvalue weighted by atomic mass is 32.2. The summed E-state index contributed by atoms with van der Waals surface area (Å²) >= 11 is 1.72. The number of hydrogen-bond acceptors (Lipinski definition) is 5. The number of thiazole rings is 1. The summed E-state index contributed by atoms with van der Waals surface area (Å²) in [5, 5.41) is 3.04. The van der Waals surface area contributed by atoms with E-state index in [1.807, 2.05) is 48.5 Å². The molecule has 7 heteroatoms. The lowest BCUT2D eigenvalue weighted by molar-refractivity contribution is 0.402. The predicted octanol–water partition coefficient (Wildman–Crippen LogP) is 4.64. The number of piperidine rings is 1. The quantitative estimate of drug-likeness (QED) is 0.494. The molecule has 1 aromatic heterocycles. The van der Waals surface area contributed by atoms with Gasteiger partial charge in [0.25, 0.3) is 0 Å². The number of nitrogens with zero attached hydrogens (tertiary/aromatic N) is 2. The van der Waals surface area contributed by atoms with Crippen LogP contribution in [0.3, 0.4) is 0 Å². The lowest BCUT2D eigenvalue weighted by Crippen LogP contribution is -2.38. The number of benzene rings is 3. The van der Waals surface area contributed by atoms with Crippen molar-refractivity contribution in [1.29, 1.82) is 0 Å². The third-order valence-electron chi connectivity index (χ3n) is 5.76. The Morgan fingerprint density at radius 1 is 0.967 bits per heavy atom. The Bertz CT molecular complexity index is 1260. The molecule has 2 heterocycles. The van der Waals surface area contributed by atoms with Crippen LogP contribution in [0.15, 0.2) is 71.6 Å². The number of para-hydroxylation sites is 1. The number of fused-ring (bicyclic) bond motifs is 2. The minimum atomic E-state index is -3.51. The molecule has 30 heavy (non-hydrogen) atoms. The molecule has 1 fully saturated rings. The van der Waals surface area contributed by atoms with E-state index < -0.39 is 10.0 Å². The maximum absolute atomic E-state index is 12.8.